The Morgan fingerprint density at radius 1 is 1.60 bits per heavy atom. The lowest BCUT2D eigenvalue weighted by molar-refractivity contribution is 0.250. The predicted octanol–water partition coefficient (Wildman–Crippen LogP) is 1.82. The molecule has 0 atom stereocenters. The molecule has 84 valence electrons. The van der Waals surface area contributed by atoms with Crippen LogP contribution in [-0.4, -0.2) is 21.9 Å². The highest BCUT2D eigenvalue weighted by atomic mass is 16.2. The smallest absolute Gasteiger partial charge is 0.320 e. The first-order valence-corrected chi connectivity index (χ1v) is 5.22. The summed E-state index contributed by atoms with van der Waals surface area (Å²) in [6.45, 7) is 6.78. The third-order valence-corrected chi connectivity index (χ3v) is 1.75. The second-order valence-corrected chi connectivity index (χ2v) is 3.72. The number of anilines is 1. The second kappa shape index (κ2) is 5.38. The molecule has 1 heterocycles. The van der Waals surface area contributed by atoms with Crippen LogP contribution in [0.2, 0.25) is 0 Å². The van der Waals surface area contributed by atoms with Crippen LogP contribution in [-0.2, 0) is 6.54 Å². The first-order chi connectivity index (χ1) is 7.11. The fraction of sp³-hybridized carbons (Fsp3) is 0.600. The molecule has 15 heavy (non-hydrogen) atoms. The number of nitrogens with zero attached hydrogens (tertiary/aromatic N) is 2. The van der Waals surface area contributed by atoms with Gasteiger partial charge in [0.1, 0.15) is 0 Å². The Bertz CT molecular complexity index is 319. The van der Waals surface area contributed by atoms with Gasteiger partial charge in [0.2, 0.25) is 0 Å². The van der Waals surface area contributed by atoms with Gasteiger partial charge in [-0.2, -0.15) is 5.10 Å². The summed E-state index contributed by atoms with van der Waals surface area (Å²) in [7, 11) is 0. The van der Waals surface area contributed by atoms with E-state index in [9.17, 15) is 4.79 Å². The maximum absolute atomic E-state index is 11.3. The van der Waals surface area contributed by atoms with Crippen molar-refractivity contribution in [2.24, 2.45) is 0 Å². The van der Waals surface area contributed by atoms with Crippen molar-refractivity contribution >= 4 is 11.8 Å². The summed E-state index contributed by atoms with van der Waals surface area (Å²) in [5.74, 6) is 0.585. The number of hydrogen-bond donors (Lipinski definition) is 2. The summed E-state index contributed by atoms with van der Waals surface area (Å²) in [5, 5.41) is 9.60. The zero-order valence-corrected chi connectivity index (χ0v) is 9.45. The van der Waals surface area contributed by atoms with E-state index in [1.165, 1.54) is 0 Å². The highest BCUT2D eigenvalue weighted by Gasteiger charge is 2.04. The lowest BCUT2D eigenvalue weighted by Crippen LogP contribution is -2.34. The largest absolute Gasteiger partial charge is 0.336 e. The van der Waals surface area contributed by atoms with E-state index in [2.05, 4.69) is 22.7 Å². The molecule has 0 fully saturated rings. The Balaban J connectivity index is 2.46. The third kappa shape index (κ3) is 4.01. The molecule has 0 radical (unpaired) electrons. The Kier molecular flexibility index (Phi) is 4.15. The van der Waals surface area contributed by atoms with Crippen LogP contribution in [0.15, 0.2) is 12.3 Å². The van der Waals surface area contributed by atoms with Gasteiger partial charge < -0.3 is 5.32 Å². The van der Waals surface area contributed by atoms with Crippen molar-refractivity contribution in [3.8, 4) is 0 Å². The molecule has 2 amide bonds. The molecule has 0 aromatic carbocycles. The molecule has 0 saturated carbocycles. The number of carbonyl (C=O) groups excluding carboxylic acids is 1. The predicted molar refractivity (Wildman–Crippen MR) is 59.8 cm³/mol. The number of aryl methyl sites for hydroxylation is 1. The van der Waals surface area contributed by atoms with Crippen molar-refractivity contribution in [1.29, 1.82) is 0 Å². The zero-order valence-electron chi connectivity index (χ0n) is 9.45. The molecular formula is C10H18N4O. The van der Waals surface area contributed by atoms with Crippen LogP contribution in [0.25, 0.3) is 0 Å². The van der Waals surface area contributed by atoms with Gasteiger partial charge >= 0.3 is 6.03 Å². The minimum Gasteiger partial charge on any atom is -0.336 e. The van der Waals surface area contributed by atoms with E-state index >= 15 is 0 Å². The maximum Gasteiger partial charge on any atom is 0.320 e. The average molecular weight is 210 g/mol. The quantitative estimate of drug-likeness (QED) is 0.796. The summed E-state index contributed by atoms with van der Waals surface area (Å²) in [6, 6.07) is 1.70. The molecule has 0 aliphatic carbocycles. The van der Waals surface area contributed by atoms with Crippen LogP contribution in [0, 0.1) is 0 Å². The molecule has 0 aliphatic rings. The lowest BCUT2D eigenvalue weighted by atomic mass is 10.4. The van der Waals surface area contributed by atoms with Crippen molar-refractivity contribution in [3.63, 3.8) is 0 Å². The highest BCUT2D eigenvalue weighted by Crippen LogP contribution is 2.02. The Morgan fingerprint density at radius 2 is 2.33 bits per heavy atom. The average Bonchev–Trinajstić information content (AvgIpc) is 2.51. The van der Waals surface area contributed by atoms with Crippen LogP contribution < -0.4 is 10.6 Å². The third-order valence-electron chi connectivity index (χ3n) is 1.75. The topological polar surface area (TPSA) is 59.0 Å². The van der Waals surface area contributed by atoms with Crippen molar-refractivity contribution in [2.75, 3.05) is 5.32 Å². The van der Waals surface area contributed by atoms with Crippen LogP contribution in [0.5, 0.6) is 0 Å². The molecule has 1 aromatic heterocycles. The Morgan fingerprint density at radius 3 is 2.93 bits per heavy atom. The summed E-state index contributed by atoms with van der Waals surface area (Å²) in [5.41, 5.74) is 0. The summed E-state index contributed by atoms with van der Waals surface area (Å²) < 4.78 is 1.81. The van der Waals surface area contributed by atoms with Crippen molar-refractivity contribution in [3.05, 3.63) is 12.3 Å². The lowest BCUT2D eigenvalue weighted by Gasteiger charge is -2.07. The molecule has 1 aromatic rings. The number of urea groups is 1. The molecule has 0 unspecified atom stereocenters. The number of nitrogens with one attached hydrogen (secondary N) is 2. The van der Waals surface area contributed by atoms with Gasteiger partial charge in [0.05, 0.1) is 0 Å². The van der Waals surface area contributed by atoms with Crippen LogP contribution in [0.4, 0.5) is 10.6 Å². The second-order valence-electron chi connectivity index (χ2n) is 3.72. The minimum atomic E-state index is -0.216. The van der Waals surface area contributed by atoms with Gasteiger partial charge in [-0.1, -0.05) is 6.92 Å². The molecule has 1 rings (SSSR count). The monoisotopic (exact) mass is 210 g/mol. The first-order valence-electron chi connectivity index (χ1n) is 5.22. The molecular weight excluding hydrogens is 192 g/mol. The fourth-order valence-electron chi connectivity index (χ4n) is 1.20. The Labute approximate surface area is 89.9 Å². The molecule has 5 heteroatoms. The number of amides is 2. The minimum absolute atomic E-state index is 0.128. The van der Waals surface area contributed by atoms with E-state index in [0.29, 0.717) is 5.82 Å². The van der Waals surface area contributed by atoms with Gasteiger partial charge in [-0.05, 0) is 20.3 Å². The van der Waals surface area contributed by atoms with Gasteiger partial charge in [0.25, 0.3) is 0 Å². The number of carbonyl (C=O) groups is 1. The van der Waals surface area contributed by atoms with Crippen molar-refractivity contribution < 1.29 is 4.79 Å². The maximum atomic E-state index is 11.3. The van der Waals surface area contributed by atoms with Gasteiger partial charge in [0, 0.05) is 24.8 Å². The Hall–Kier alpha value is -1.52. The molecule has 0 saturated heterocycles. The van der Waals surface area contributed by atoms with Crippen LogP contribution in [0.1, 0.15) is 27.2 Å². The van der Waals surface area contributed by atoms with Gasteiger partial charge in [0.15, 0.2) is 5.82 Å². The van der Waals surface area contributed by atoms with Gasteiger partial charge in [-0.15, -0.1) is 0 Å². The molecule has 2 N–H and O–H groups in total. The van der Waals surface area contributed by atoms with Crippen molar-refractivity contribution in [2.45, 2.75) is 39.8 Å². The molecule has 5 nitrogen and oxygen atoms in total. The standard InChI is InChI=1S/C10H18N4O/c1-4-6-14-7-5-9(13-14)12-10(15)11-8(2)3/h5,7-8H,4,6H2,1-3H3,(H2,11,12,13,15). The summed E-state index contributed by atoms with van der Waals surface area (Å²) >= 11 is 0. The van der Waals surface area contributed by atoms with E-state index in [1.807, 2.05) is 24.7 Å². The van der Waals surface area contributed by atoms with E-state index in [-0.39, 0.29) is 12.1 Å². The van der Waals surface area contributed by atoms with Crippen molar-refractivity contribution in [1.82, 2.24) is 15.1 Å². The van der Waals surface area contributed by atoms with Gasteiger partial charge in [-0.25, -0.2) is 4.79 Å². The van der Waals surface area contributed by atoms with E-state index < -0.39 is 0 Å². The fourth-order valence-corrected chi connectivity index (χ4v) is 1.20. The zero-order chi connectivity index (χ0) is 11.3. The summed E-state index contributed by atoms with van der Waals surface area (Å²) in [6.07, 6.45) is 2.88. The first kappa shape index (κ1) is 11.6. The van der Waals surface area contributed by atoms with Crippen LogP contribution >= 0.6 is 0 Å². The van der Waals surface area contributed by atoms with Crippen LogP contribution in [0.3, 0.4) is 0 Å². The molecule has 0 aliphatic heterocycles. The number of rotatable bonds is 4. The summed E-state index contributed by atoms with van der Waals surface area (Å²) in [4.78, 5) is 11.3. The normalized spacial score (nSPS) is 10.4. The molecule has 0 bridgehead atoms. The number of hydrogen-bond acceptors (Lipinski definition) is 2. The number of aromatic nitrogens is 2. The highest BCUT2D eigenvalue weighted by molar-refractivity contribution is 5.88. The SMILES string of the molecule is CCCn1ccc(NC(=O)NC(C)C)n1. The van der Waals surface area contributed by atoms with E-state index in [4.69, 9.17) is 0 Å². The van der Waals surface area contributed by atoms with E-state index in [0.717, 1.165) is 13.0 Å². The molecule has 0 spiro atoms. The van der Waals surface area contributed by atoms with E-state index in [1.54, 1.807) is 6.07 Å². The van der Waals surface area contributed by atoms with Gasteiger partial charge in [-0.3, -0.25) is 10.00 Å².